The van der Waals surface area contributed by atoms with Gasteiger partial charge in [0.25, 0.3) is 0 Å². The SMILES string of the molecule is CSc1cccc(COC2CCCCO2)c1. The second-order valence-electron chi connectivity index (χ2n) is 3.96. The highest BCUT2D eigenvalue weighted by molar-refractivity contribution is 7.98. The summed E-state index contributed by atoms with van der Waals surface area (Å²) in [6.07, 6.45) is 5.51. The van der Waals surface area contributed by atoms with Crippen LogP contribution in [0.3, 0.4) is 0 Å². The van der Waals surface area contributed by atoms with Crippen molar-refractivity contribution in [1.82, 2.24) is 0 Å². The van der Waals surface area contributed by atoms with Crippen molar-refractivity contribution in [3.63, 3.8) is 0 Å². The molecule has 1 saturated heterocycles. The van der Waals surface area contributed by atoms with E-state index in [0.717, 1.165) is 13.0 Å². The monoisotopic (exact) mass is 238 g/mol. The van der Waals surface area contributed by atoms with Gasteiger partial charge in [-0.1, -0.05) is 12.1 Å². The Morgan fingerprint density at radius 1 is 1.44 bits per heavy atom. The van der Waals surface area contributed by atoms with E-state index in [1.165, 1.54) is 23.3 Å². The number of ether oxygens (including phenoxy) is 2. The summed E-state index contributed by atoms with van der Waals surface area (Å²) in [5, 5.41) is 0. The van der Waals surface area contributed by atoms with E-state index in [-0.39, 0.29) is 6.29 Å². The topological polar surface area (TPSA) is 18.5 Å². The normalized spacial score (nSPS) is 20.9. The summed E-state index contributed by atoms with van der Waals surface area (Å²) in [5.74, 6) is 0. The molecule has 0 spiro atoms. The maximum atomic E-state index is 5.74. The minimum Gasteiger partial charge on any atom is -0.353 e. The smallest absolute Gasteiger partial charge is 0.158 e. The molecule has 1 aliphatic rings. The molecule has 1 aromatic carbocycles. The maximum Gasteiger partial charge on any atom is 0.158 e. The van der Waals surface area contributed by atoms with Crippen LogP contribution in [0.25, 0.3) is 0 Å². The molecule has 0 N–H and O–H groups in total. The summed E-state index contributed by atoms with van der Waals surface area (Å²) in [7, 11) is 0. The van der Waals surface area contributed by atoms with E-state index in [9.17, 15) is 0 Å². The minimum atomic E-state index is 0.00619. The van der Waals surface area contributed by atoms with Gasteiger partial charge in [-0.2, -0.15) is 0 Å². The van der Waals surface area contributed by atoms with Gasteiger partial charge < -0.3 is 9.47 Å². The molecule has 1 aromatic rings. The average Bonchev–Trinajstić information content (AvgIpc) is 2.38. The summed E-state index contributed by atoms with van der Waals surface area (Å²) in [6, 6.07) is 8.47. The van der Waals surface area contributed by atoms with Crippen molar-refractivity contribution in [3.8, 4) is 0 Å². The fraction of sp³-hybridized carbons (Fsp3) is 0.538. The number of rotatable bonds is 4. The molecular weight excluding hydrogens is 220 g/mol. The third-order valence-electron chi connectivity index (χ3n) is 2.71. The van der Waals surface area contributed by atoms with Crippen LogP contribution in [0.2, 0.25) is 0 Å². The summed E-state index contributed by atoms with van der Waals surface area (Å²) in [6.45, 7) is 1.49. The molecule has 16 heavy (non-hydrogen) atoms. The van der Waals surface area contributed by atoms with Gasteiger partial charge in [-0.15, -0.1) is 11.8 Å². The van der Waals surface area contributed by atoms with Gasteiger partial charge >= 0.3 is 0 Å². The first kappa shape index (κ1) is 12.0. The molecule has 0 bridgehead atoms. The predicted molar refractivity (Wildman–Crippen MR) is 66.6 cm³/mol. The molecule has 2 nitrogen and oxygen atoms in total. The van der Waals surface area contributed by atoms with Crippen LogP contribution in [0.4, 0.5) is 0 Å². The lowest BCUT2D eigenvalue weighted by Gasteiger charge is -2.22. The molecule has 2 rings (SSSR count). The molecular formula is C13H18O2S. The zero-order valence-corrected chi connectivity index (χ0v) is 10.5. The van der Waals surface area contributed by atoms with Crippen molar-refractivity contribution >= 4 is 11.8 Å². The van der Waals surface area contributed by atoms with Gasteiger partial charge in [0.2, 0.25) is 0 Å². The average molecular weight is 238 g/mol. The van der Waals surface area contributed by atoms with Crippen molar-refractivity contribution in [3.05, 3.63) is 29.8 Å². The molecule has 1 atom stereocenters. The standard InChI is InChI=1S/C13H18O2S/c1-16-12-6-4-5-11(9-12)10-15-13-7-2-3-8-14-13/h4-6,9,13H,2-3,7-8,10H2,1H3. The van der Waals surface area contributed by atoms with Gasteiger partial charge in [0.05, 0.1) is 6.61 Å². The molecule has 0 aromatic heterocycles. The molecule has 0 radical (unpaired) electrons. The Balaban J connectivity index is 1.83. The second kappa shape index (κ2) is 6.28. The number of hydrogen-bond acceptors (Lipinski definition) is 3. The summed E-state index contributed by atoms with van der Waals surface area (Å²) >= 11 is 1.76. The van der Waals surface area contributed by atoms with Crippen LogP contribution in [0.5, 0.6) is 0 Å². The highest BCUT2D eigenvalue weighted by atomic mass is 32.2. The van der Waals surface area contributed by atoms with E-state index < -0.39 is 0 Å². The lowest BCUT2D eigenvalue weighted by Crippen LogP contribution is -2.21. The molecule has 3 heteroatoms. The fourth-order valence-corrected chi connectivity index (χ4v) is 2.28. The second-order valence-corrected chi connectivity index (χ2v) is 4.84. The van der Waals surface area contributed by atoms with E-state index in [0.29, 0.717) is 6.61 Å². The molecule has 1 aliphatic heterocycles. The van der Waals surface area contributed by atoms with Crippen LogP contribution in [0.1, 0.15) is 24.8 Å². The Hall–Kier alpha value is -0.510. The predicted octanol–water partition coefficient (Wildman–Crippen LogP) is 3.45. The molecule has 1 fully saturated rings. The van der Waals surface area contributed by atoms with E-state index in [2.05, 4.69) is 30.5 Å². The number of thioether (sulfide) groups is 1. The Morgan fingerprint density at radius 3 is 3.12 bits per heavy atom. The lowest BCUT2D eigenvalue weighted by molar-refractivity contribution is -0.168. The van der Waals surface area contributed by atoms with Gasteiger partial charge in [0.15, 0.2) is 6.29 Å². The van der Waals surface area contributed by atoms with Crippen LogP contribution in [0, 0.1) is 0 Å². The Kier molecular flexibility index (Phi) is 4.69. The maximum absolute atomic E-state index is 5.74. The largest absolute Gasteiger partial charge is 0.353 e. The van der Waals surface area contributed by atoms with Crippen molar-refractivity contribution < 1.29 is 9.47 Å². The summed E-state index contributed by atoms with van der Waals surface area (Å²) < 4.78 is 11.3. The number of benzene rings is 1. The molecule has 1 heterocycles. The zero-order chi connectivity index (χ0) is 11.2. The first-order chi connectivity index (χ1) is 7.88. The third-order valence-corrected chi connectivity index (χ3v) is 3.43. The Bertz CT molecular complexity index is 321. The quantitative estimate of drug-likeness (QED) is 0.748. The van der Waals surface area contributed by atoms with Gasteiger partial charge in [-0.25, -0.2) is 0 Å². The van der Waals surface area contributed by atoms with Gasteiger partial charge in [0.1, 0.15) is 0 Å². The highest BCUT2D eigenvalue weighted by Crippen LogP contribution is 2.19. The van der Waals surface area contributed by atoms with Gasteiger partial charge in [-0.05, 0) is 43.2 Å². The third kappa shape index (κ3) is 3.51. The number of hydrogen-bond donors (Lipinski definition) is 0. The molecule has 0 amide bonds. The Morgan fingerprint density at radius 2 is 2.38 bits per heavy atom. The lowest BCUT2D eigenvalue weighted by atomic mass is 10.2. The first-order valence-electron chi connectivity index (χ1n) is 5.74. The van der Waals surface area contributed by atoms with Crippen molar-refractivity contribution in [2.75, 3.05) is 12.9 Å². The van der Waals surface area contributed by atoms with Crippen molar-refractivity contribution in [1.29, 1.82) is 0 Å². The van der Waals surface area contributed by atoms with E-state index >= 15 is 0 Å². The molecule has 1 unspecified atom stereocenters. The van der Waals surface area contributed by atoms with E-state index in [1.807, 2.05) is 0 Å². The van der Waals surface area contributed by atoms with Gasteiger partial charge in [-0.3, -0.25) is 0 Å². The van der Waals surface area contributed by atoms with Crippen LogP contribution < -0.4 is 0 Å². The fourth-order valence-electron chi connectivity index (χ4n) is 1.79. The zero-order valence-electron chi connectivity index (χ0n) is 9.65. The molecule has 0 saturated carbocycles. The molecule has 0 aliphatic carbocycles. The summed E-state index contributed by atoms with van der Waals surface area (Å²) in [4.78, 5) is 1.28. The van der Waals surface area contributed by atoms with Crippen LogP contribution in [-0.4, -0.2) is 19.2 Å². The van der Waals surface area contributed by atoms with Crippen LogP contribution in [-0.2, 0) is 16.1 Å². The van der Waals surface area contributed by atoms with E-state index in [1.54, 1.807) is 11.8 Å². The highest BCUT2D eigenvalue weighted by Gasteiger charge is 2.13. The van der Waals surface area contributed by atoms with Crippen molar-refractivity contribution in [2.45, 2.75) is 37.1 Å². The first-order valence-corrected chi connectivity index (χ1v) is 6.97. The summed E-state index contributed by atoms with van der Waals surface area (Å²) in [5.41, 5.74) is 1.22. The van der Waals surface area contributed by atoms with Crippen LogP contribution in [0.15, 0.2) is 29.2 Å². The van der Waals surface area contributed by atoms with E-state index in [4.69, 9.17) is 9.47 Å². The molecule has 88 valence electrons. The van der Waals surface area contributed by atoms with Gasteiger partial charge in [0, 0.05) is 11.5 Å². The van der Waals surface area contributed by atoms with Crippen LogP contribution >= 0.6 is 11.8 Å². The minimum absolute atomic E-state index is 0.00619. The van der Waals surface area contributed by atoms with Crippen molar-refractivity contribution in [2.24, 2.45) is 0 Å². The Labute approximate surface area is 101 Å².